The number of aryl methyl sites for hydroxylation is 1. The zero-order chi connectivity index (χ0) is 18.1. The molecule has 0 radical (unpaired) electrons. The molecular weight excluding hydrogens is 328 g/mol. The lowest BCUT2D eigenvalue weighted by Gasteiger charge is -2.17. The van der Waals surface area contributed by atoms with E-state index in [2.05, 4.69) is 16.0 Å². The zero-order valence-corrected chi connectivity index (χ0v) is 15.2. The molecule has 0 unspecified atom stereocenters. The van der Waals surface area contributed by atoms with Gasteiger partial charge in [0.15, 0.2) is 0 Å². The van der Waals surface area contributed by atoms with E-state index in [1.807, 2.05) is 38.2 Å². The summed E-state index contributed by atoms with van der Waals surface area (Å²) >= 11 is 0. The highest BCUT2D eigenvalue weighted by Crippen LogP contribution is 2.37. The van der Waals surface area contributed by atoms with Gasteiger partial charge in [-0.3, -0.25) is 0 Å². The average molecular weight is 352 g/mol. The van der Waals surface area contributed by atoms with Crippen LogP contribution in [0, 0.1) is 0 Å². The monoisotopic (exact) mass is 352 g/mol. The summed E-state index contributed by atoms with van der Waals surface area (Å²) in [5.74, 6) is 2.54. The van der Waals surface area contributed by atoms with Crippen molar-refractivity contribution in [3.05, 3.63) is 30.3 Å². The largest absolute Gasteiger partial charge is 0.494 e. The summed E-state index contributed by atoms with van der Waals surface area (Å²) in [5, 5.41) is 3.10. The van der Waals surface area contributed by atoms with Crippen LogP contribution >= 0.6 is 0 Å². The predicted octanol–water partition coefficient (Wildman–Crippen LogP) is 3.90. The Labute approximate surface area is 152 Å². The van der Waals surface area contributed by atoms with Gasteiger partial charge in [-0.1, -0.05) is 0 Å². The van der Waals surface area contributed by atoms with Crippen LogP contribution in [0.5, 0.6) is 11.5 Å². The summed E-state index contributed by atoms with van der Waals surface area (Å²) < 4.78 is 14.0. The van der Waals surface area contributed by atoms with E-state index in [-0.39, 0.29) is 0 Å². The van der Waals surface area contributed by atoms with Gasteiger partial charge in [-0.15, -0.1) is 0 Å². The molecule has 2 heterocycles. The van der Waals surface area contributed by atoms with E-state index in [9.17, 15) is 0 Å². The van der Waals surface area contributed by atoms with E-state index in [1.54, 1.807) is 0 Å². The lowest BCUT2D eigenvalue weighted by Crippen LogP contribution is -2.09. The van der Waals surface area contributed by atoms with Crippen LogP contribution in [0.25, 0.3) is 22.4 Å². The van der Waals surface area contributed by atoms with Gasteiger partial charge in [0.2, 0.25) is 0 Å². The van der Waals surface area contributed by atoms with Crippen LogP contribution in [0.15, 0.2) is 30.3 Å². The molecule has 1 aromatic heterocycles. The maximum Gasteiger partial charge on any atom is 0.148 e. The molecule has 0 saturated heterocycles. The molecule has 4 rings (SSSR count). The number of hydrogen-bond donors (Lipinski definition) is 2. The fourth-order valence-electron chi connectivity index (χ4n) is 3.49. The first-order valence-electron chi connectivity index (χ1n) is 9.08. The van der Waals surface area contributed by atoms with Crippen LogP contribution in [-0.2, 0) is 6.54 Å². The number of nitrogens with one attached hydrogen (secondary N) is 1. The molecule has 0 bridgehead atoms. The molecule has 1 aliphatic rings. The molecule has 6 heteroatoms. The first-order chi connectivity index (χ1) is 12.7. The van der Waals surface area contributed by atoms with E-state index >= 15 is 0 Å². The Balaban J connectivity index is 1.92. The summed E-state index contributed by atoms with van der Waals surface area (Å²) in [6.07, 6.45) is 2.06. The van der Waals surface area contributed by atoms with E-state index < -0.39 is 0 Å². The maximum absolute atomic E-state index is 6.17. The predicted molar refractivity (Wildman–Crippen MR) is 105 cm³/mol. The Morgan fingerprint density at radius 2 is 2.15 bits per heavy atom. The lowest BCUT2D eigenvalue weighted by atomic mass is 10.1. The maximum atomic E-state index is 6.17. The number of rotatable bonds is 4. The molecule has 0 aliphatic carbocycles. The molecule has 3 N–H and O–H groups in total. The highest BCUT2D eigenvalue weighted by Gasteiger charge is 2.20. The molecule has 0 atom stereocenters. The first kappa shape index (κ1) is 16.6. The highest BCUT2D eigenvalue weighted by atomic mass is 16.5. The quantitative estimate of drug-likeness (QED) is 0.697. The van der Waals surface area contributed by atoms with Crippen LogP contribution in [0.2, 0.25) is 0 Å². The van der Waals surface area contributed by atoms with Crippen molar-refractivity contribution in [2.75, 3.05) is 31.3 Å². The van der Waals surface area contributed by atoms with Crippen LogP contribution in [0.1, 0.15) is 19.8 Å². The normalized spacial score (nSPS) is 13.8. The van der Waals surface area contributed by atoms with Crippen molar-refractivity contribution < 1.29 is 9.47 Å². The molecule has 26 heavy (non-hydrogen) atoms. The molecule has 6 nitrogen and oxygen atoms in total. The SMILES string of the molecule is CCOc1cc2c3c(c1)nc(-c1ccc(NC)c(N)c1)n3CCCCO2. The molecule has 0 fully saturated rings. The van der Waals surface area contributed by atoms with Gasteiger partial charge in [0.25, 0.3) is 0 Å². The summed E-state index contributed by atoms with van der Waals surface area (Å²) in [6.45, 7) is 4.21. The van der Waals surface area contributed by atoms with Crippen molar-refractivity contribution in [1.82, 2.24) is 9.55 Å². The smallest absolute Gasteiger partial charge is 0.148 e. The third-order valence-electron chi connectivity index (χ3n) is 4.70. The number of ether oxygens (including phenoxy) is 2. The second-order valence-corrected chi connectivity index (χ2v) is 6.42. The number of nitrogens with zero attached hydrogens (tertiary/aromatic N) is 2. The second-order valence-electron chi connectivity index (χ2n) is 6.42. The van der Waals surface area contributed by atoms with Crippen LogP contribution in [-0.4, -0.2) is 29.8 Å². The van der Waals surface area contributed by atoms with Crippen LogP contribution in [0.4, 0.5) is 11.4 Å². The third kappa shape index (κ3) is 2.81. The van der Waals surface area contributed by atoms with Crippen molar-refractivity contribution in [3.8, 4) is 22.9 Å². The topological polar surface area (TPSA) is 74.3 Å². The highest BCUT2D eigenvalue weighted by molar-refractivity contribution is 5.88. The van der Waals surface area contributed by atoms with E-state index in [1.165, 1.54) is 0 Å². The van der Waals surface area contributed by atoms with Crippen molar-refractivity contribution in [3.63, 3.8) is 0 Å². The standard InChI is InChI=1S/C20H24N4O2/c1-3-25-14-11-17-19-18(12-14)26-9-5-4-8-24(19)20(23-17)13-6-7-16(22-2)15(21)10-13/h6-7,10-12,22H,3-5,8-9,21H2,1-2H3. The second kappa shape index (κ2) is 6.78. The van der Waals surface area contributed by atoms with Gasteiger partial charge in [0.05, 0.1) is 30.1 Å². The Kier molecular flexibility index (Phi) is 4.32. The number of benzene rings is 2. The molecule has 1 aliphatic heterocycles. The van der Waals surface area contributed by atoms with Gasteiger partial charge in [-0.2, -0.15) is 0 Å². The Bertz CT molecular complexity index is 949. The van der Waals surface area contributed by atoms with Gasteiger partial charge < -0.3 is 25.1 Å². The Hall–Kier alpha value is -2.89. The fraction of sp³-hybridized carbons (Fsp3) is 0.350. The average Bonchev–Trinajstić information content (AvgIpc) is 2.97. The molecule has 136 valence electrons. The van der Waals surface area contributed by atoms with Gasteiger partial charge in [0, 0.05) is 31.3 Å². The van der Waals surface area contributed by atoms with E-state index in [4.69, 9.17) is 20.2 Å². The molecule has 3 aromatic rings. The fourth-order valence-corrected chi connectivity index (χ4v) is 3.49. The Morgan fingerprint density at radius 3 is 2.92 bits per heavy atom. The number of anilines is 2. The Morgan fingerprint density at radius 1 is 1.27 bits per heavy atom. The van der Waals surface area contributed by atoms with Crippen molar-refractivity contribution in [2.45, 2.75) is 26.3 Å². The van der Waals surface area contributed by atoms with E-state index in [0.717, 1.165) is 65.6 Å². The summed E-state index contributed by atoms with van der Waals surface area (Å²) in [4.78, 5) is 4.90. The van der Waals surface area contributed by atoms with Crippen LogP contribution < -0.4 is 20.5 Å². The summed E-state index contributed by atoms with van der Waals surface area (Å²) in [7, 11) is 1.87. The van der Waals surface area contributed by atoms with Gasteiger partial charge in [-0.05, 0) is 38.0 Å². The molecule has 0 saturated carbocycles. The van der Waals surface area contributed by atoms with E-state index in [0.29, 0.717) is 12.3 Å². The summed E-state index contributed by atoms with van der Waals surface area (Å²) in [5.41, 5.74) is 10.7. The summed E-state index contributed by atoms with van der Waals surface area (Å²) in [6, 6.07) is 9.97. The van der Waals surface area contributed by atoms with Gasteiger partial charge >= 0.3 is 0 Å². The lowest BCUT2D eigenvalue weighted by molar-refractivity contribution is 0.294. The third-order valence-corrected chi connectivity index (χ3v) is 4.70. The zero-order valence-electron chi connectivity index (χ0n) is 15.2. The van der Waals surface area contributed by atoms with Crippen molar-refractivity contribution >= 4 is 22.4 Å². The number of imidazole rings is 1. The van der Waals surface area contributed by atoms with Crippen molar-refractivity contribution in [1.29, 1.82) is 0 Å². The molecule has 0 spiro atoms. The number of nitrogen functional groups attached to an aromatic ring is 1. The molecule has 0 amide bonds. The minimum Gasteiger partial charge on any atom is -0.494 e. The minimum absolute atomic E-state index is 0.612. The van der Waals surface area contributed by atoms with Crippen molar-refractivity contribution in [2.24, 2.45) is 0 Å². The minimum atomic E-state index is 0.612. The molecular formula is C20H24N4O2. The van der Waals surface area contributed by atoms with Gasteiger partial charge in [0.1, 0.15) is 22.8 Å². The first-order valence-corrected chi connectivity index (χ1v) is 9.08. The number of hydrogen-bond acceptors (Lipinski definition) is 5. The number of aromatic nitrogens is 2. The van der Waals surface area contributed by atoms with Gasteiger partial charge in [-0.25, -0.2) is 4.98 Å². The number of nitrogens with two attached hydrogens (primary N) is 1. The molecule has 2 aromatic carbocycles. The van der Waals surface area contributed by atoms with Crippen LogP contribution in [0.3, 0.4) is 0 Å².